The van der Waals surface area contributed by atoms with Gasteiger partial charge in [0.1, 0.15) is 32.1 Å². The van der Waals surface area contributed by atoms with E-state index in [0.717, 1.165) is 37.1 Å². The van der Waals surface area contributed by atoms with Gasteiger partial charge in [-0.2, -0.15) is 0 Å². The summed E-state index contributed by atoms with van der Waals surface area (Å²) in [6, 6.07) is 8.10. The summed E-state index contributed by atoms with van der Waals surface area (Å²) in [5, 5.41) is 3.83. The first-order chi connectivity index (χ1) is 21.4. The fourth-order valence-corrected chi connectivity index (χ4v) is 9.90. The summed E-state index contributed by atoms with van der Waals surface area (Å²) in [6.07, 6.45) is 3.91. The summed E-state index contributed by atoms with van der Waals surface area (Å²) in [6.45, 7) is 0.598. The summed E-state index contributed by atoms with van der Waals surface area (Å²) in [7, 11) is -7.90. The fraction of sp³-hybridized carbons (Fsp3) is 0.345. The predicted octanol–water partition coefficient (Wildman–Crippen LogP) is 5.11. The van der Waals surface area contributed by atoms with Crippen molar-refractivity contribution in [3.05, 3.63) is 71.1 Å². The molecule has 2 N–H and O–H groups in total. The molecule has 1 aliphatic carbocycles. The Bertz CT molecular complexity index is 1990. The topological polar surface area (TPSA) is 140 Å². The maximum atomic E-state index is 16.2. The van der Waals surface area contributed by atoms with Gasteiger partial charge in [0.15, 0.2) is 10.7 Å². The molecule has 4 fully saturated rings. The van der Waals surface area contributed by atoms with Crippen LogP contribution in [0.5, 0.6) is 0 Å². The number of sulfonamides is 1. The second-order valence-electron chi connectivity index (χ2n) is 11.4. The number of sulfone groups is 1. The zero-order valence-electron chi connectivity index (χ0n) is 23.5. The highest BCUT2D eigenvalue weighted by atomic mass is 32.2. The number of ether oxygens (including phenoxy) is 1. The second kappa shape index (κ2) is 11.0. The van der Waals surface area contributed by atoms with Crippen molar-refractivity contribution in [3.8, 4) is 21.8 Å². The van der Waals surface area contributed by atoms with Crippen LogP contribution in [0.3, 0.4) is 0 Å². The zero-order chi connectivity index (χ0) is 31.6. The van der Waals surface area contributed by atoms with Gasteiger partial charge in [0.05, 0.1) is 40.1 Å². The van der Waals surface area contributed by atoms with Gasteiger partial charge in [0, 0.05) is 17.8 Å². The van der Waals surface area contributed by atoms with Gasteiger partial charge in [-0.15, -0.1) is 11.3 Å². The van der Waals surface area contributed by atoms with Gasteiger partial charge >= 0.3 is 0 Å². The number of benzene rings is 2. The highest BCUT2D eigenvalue weighted by Gasteiger charge is 2.55. The Morgan fingerprint density at radius 2 is 1.69 bits per heavy atom. The summed E-state index contributed by atoms with van der Waals surface area (Å²) >= 11 is 1.29. The molecule has 2 aromatic heterocycles. The number of nitrogens with zero attached hydrogens (tertiary/aromatic N) is 3. The lowest BCUT2D eigenvalue weighted by Crippen LogP contribution is -2.33. The molecule has 4 aliphatic rings. The van der Waals surface area contributed by atoms with E-state index in [4.69, 9.17) is 9.72 Å². The molecule has 8 rings (SSSR count). The van der Waals surface area contributed by atoms with Crippen molar-refractivity contribution < 1.29 is 34.7 Å². The summed E-state index contributed by atoms with van der Waals surface area (Å²) in [5.41, 5.74) is -0.571. The first-order valence-electron chi connectivity index (χ1n) is 14.1. The molecular weight excluding hydrogens is 652 g/mol. The molecular formula is C29H26F3N5O5S3. The van der Waals surface area contributed by atoms with Crippen LogP contribution in [0, 0.1) is 23.4 Å². The third-order valence-electron chi connectivity index (χ3n) is 8.31. The van der Waals surface area contributed by atoms with Crippen molar-refractivity contribution in [1.82, 2.24) is 15.0 Å². The molecule has 3 aliphatic heterocycles. The molecule has 0 radical (unpaired) electrons. The standard InChI is InChI=1S/C29H26F3N5O5S3/c30-19-4-2-5-20(31)26(19)45(40,41)37-21-6-1-3-18(23(21)32)24-25(43-27(36-24)29-13-16(14-29)15-42-29)22-7-10-33-28(35-22)34-17-8-11-44(38,39)12-9-17/h1-7,10,16-17,37H,8-9,11-15H2,(H,33,34,35). The lowest BCUT2D eigenvalue weighted by Gasteiger charge is -2.33. The summed E-state index contributed by atoms with van der Waals surface area (Å²) in [4.78, 5) is 13.0. The smallest absolute Gasteiger partial charge is 0.267 e. The number of thiazole rings is 1. The van der Waals surface area contributed by atoms with Crippen LogP contribution in [0.25, 0.3) is 21.8 Å². The van der Waals surface area contributed by atoms with Crippen molar-refractivity contribution in [3.63, 3.8) is 0 Å². The van der Waals surface area contributed by atoms with E-state index in [1.807, 2.05) is 4.72 Å². The van der Waals surface area contributed by atoms with Crippen LogP contribution < -0.4 is 10.0 Å². The number of aromatic nitrogens is 3. The van der Waals surface area contributed by atoms with Crippen molar-refractivity contribution in [2.45, 2.75) is 42.2 Å². The Labute approximate surface area is 261 Å². The third kappa shape index (κ3) is 5.57. The quantitative estimate of drug-likeness (QED) is 0.260. The van der Waals surface area contributed by atoms with Crippen LogP contribution in [0.2, 0.25) is 0 Å². The van der Waals surface area contributed by atoms with Crippen LogP contribution in [0.15, 0.2) is 53.6 Å². The number of nitrogens with one attached hydrogen (secondary N) is 2. The van der Waals surface area contributed by atoms with Crippen LogP contribution in [0.1, 0.15) is 30.7 Å². The maximum absolute atomic E-state index is 16.2. The fourth-order valence-electron chi connectivity index (χ4n) is 5.99. The van der Waals surface area contributed by atoms with Crippen molar-refractivity contribution in [2.75, 3.05) is 28.2 Å². The minimum atomic E-state index is -4.84. The van der Waals surface area contributed by atoms with E-state index < -0.39 is 53.5 Å². The molecule has 10 nitrogen and oxygen atoms in total. The zero-order valence-corrected chi connectivity index (χ0v) is 25.9. The SMILES string of the molecule is O=S1(=O)CCC(Nc2nccc(-c3sc(C45CC(CO4)C5)nc3-c3cccc(NS(=O)(=O)c4c(F)cccc4F)c3F)n2)CC1. The van der Waals surface area contributed by atoms with Gasteiger partial charge in [-0.1, -0.05) is 12.1 Å². The Morgan fingerprint density at radius 3 is 2.38 bits per heavy atom. The molecule has 16 heteroatoms. The molecule has 5 heterocycles. The first kappa shape index (κ1) is 30.1. The monoisotopic (exact) mass is 677 g/mol. The molecule has 0 unspecified atom stereocenters. The van der Waals surface area contributed by atoms with E-state index in [1.165, 1.54) is 29.7 Å². The van der Waals surface area contributed by atoms with E-state index in [1.54, 1.807) is 6.07 Å². The number of halogens is 3. The predicted molar refractivity (Wildman–Crippen MR) is 161 cm³/mol. The summed E-state index contributed by atoms with van der Waals surface area (Å²) < 4.78 is 102. The molecule has 3 saturated heterocycles. The number of anilines is 2. The Morgan fingerprint density at radius 1 is 0.978 bits per heavy atom. The van der Waals surface area contributed by atoms with Gasteiger partial charge in [-0.3, -0.25) is 4.72 Å². The van der Waals surface area contributed by atoms with Crippen LogP contribution in [-0.2, 0) is 30.2 Å². The average Bonchev–Trinajstić information content (AvgIpc) is 3.71. The lowest BCUT2D eigenvalue weighted by atomic mass is 9.75. The number of rotatable bonds is 8. The Hall–Kier alpha value is -3.60. The van der Waals surface area contributed by atoms with Crippen molar-refractivity contribution in [2.24, 2.45) is 5.92 Å². The Kier molecular flexibility index (Phi) is 7.37. The molecule has 0 amide bonds. The van der Waals surface area contributed by atoms with Crippen LogP contribution >= 0.6 is 11.3 Å². The molecule has 236 valence electrons. The van der Waals surface area contributed by atoms with Crippen molar-refractivity contribution in [1.29, 1.82) is 0 Å². The number of hydrogen-bond donors (Lipinski definition) is 2. The normalized spacial score (nSPS) is 22.6. The van der Waals surface area contributed by atoms with Gasteiger partial charge in [0.25, 0.3) is 10.0 Å². The molecule has 1 saturated carbocycles. The van der Waals surface area contributed by atoms with Gasteiger partial charge in [0.2, 0.25) is 5.95 Å². The van der Waals surface area contributed by atoms with Crippen LogP contribution in [-0.4, -0.2) is 55.9 Å². The van der Waals surface area contributed by atoms with E-state index >= 15 is 4.39 Å². The minimum Gasteiger partial charge on any atom is -0.367 e. The van der Waals surface area contributed by atoms with E-state index in [2.05, 4.69) is 15.3 Å². The number of fused-ring (bicyclic) bond motifs is 1. The molecule has 2 aromatic carbocycles. The van der Waals surface area contributed by atoms with Gasteiger partial charge < -0.3 is 10.1 Å². The average molecular weight is 678 g/mol. The van der Waals surface area contributed by atoms with Gasteiger partial charge in [-0.25, -0.2) is 45.0 Å². The van der Waals surface area contributed by atoms with Crippen LogP contribution in [0.4, 0.5) is 24.8 Å². The van der Waals surface area contributed by atoms with E-state index in [0.29, 0.717) is 40.9 Å². The highest BCUT2D eigenvalue weighted by Crippen LogP contribution is 2.57. The molecule has 0 spiro atoms. The molecule has 4 aromatic rings. The minimum absolute atomic E-state index is 0.0578. The van der Waals surface area contributed by atoms with E-state index in [9.17, 15) is 25.6 Å². The molecule has 0 atom stereocenters. The molecule has 45 heavy (non-hydrogen) atoms. The maximum Gasteiger partial charge on any atom is 0.267 e. The first-order valence-corrected chi connectivity index (χ1v) is 18.3. The lowest BCUT2D eigenvalue weighted by molar-refractivity contribution is -0.00294. The summed E-state index contributed by atoms with van der Waals surface area (Å²) in [5.74, 6) is -2.81. The van der Waals surface area contributed by atoms with Crippen molar-refractivity contribution >= 4 is 42.8 Å². The largest absolute Gasteiger partial charge is 0.367 e. The number of hydrogen-bond acceptors (Lipinski definition) is 10. The van der Waals surface area contributed by atoms with Gasteiger partial charge in [-0.05, 0) is 61.9 Å². The second-order valence-corrected chi connectivity index (χ2v) is 16.4. The highest BCUT2D eigenvalue weighted by molar-refractivity contribution is 7.92. The third-order valence-corrected chi connectivity index (χ3v) is 12.7. The molecule has 2 bridgehead atoms. The van der Waals surface area contributed by atoms with E-state index in [-0.39, 0.29) is 34.8 Å². The Balaban J connectivity index is 1.27.